The van der Waals surface area contributed by atoms with Gasteiger partial charge in [0.1, 0.15) is 28.8 Å². The third kappa shape index (κ3) is 3.08. The van der Waals surface area contributed by atoms with Gasteiger partial charge in [0.2, 0.25) is 0 Å². The van der Waals surface area contributed by atoms with Crippen LogP contribution in [-0.4, -0.2) is 41.5 Å². The first-order valence-corrected chi connectivity index (χ1v) is 5.91. The lowest BCUT2D eigenvalue weighted by atomic mass is 10.1. The minimum atomic E-state index is -1.19. The monoisotopic (exact) mass is 282 g/mol. The van der Waals surface area contributed by atoms with Gasteiger partial charge in [-0.25, -0.2) is 4.79 Å². The molecule has 0 aliphatic heterocycles. The molecule has 0 atom stereocenters. The quantitative estimate of drug-likeness (QED) is 0.737. The van der Waals surface area contributed by atoms with Crippen molar-refractivity contribution in [1.82, 2.24) is 0 Å². The van der Waals surface area contributed by atoms with Gasteiger partial charge in [0.15, 0.2) is 0 Å². The summed E-state index contributed by atoms with van der Waals surface area (Å²) in [5, 5.41) is 27.0. The Bertz CT molecular complexity index is 572. The summed E-state index contributed by atoms with van der Waals surface area (Å²) in [5.74, 6) is -2.36. The van der Waals surface area contributed by atoms with Gasteiger partial charge in [0.05, 0.1) is 12.1 Å². The fourth-order valence-corrected chi connectivity index (χ4v) is 2.63. The van der Waals surface area contributed by atoms with Gasteiger partial charge < -0.3 is 19.9 Å². The lowest BCUT2D eigenvalue weighted by molar-refractivity contribution is -0.135. The predicted octanol–water partition coefficient (Wildman–Crippen LogP) is 0.716. The van der Waals surface area contributed by atoms with Crippen LogP contribution in [0.1, 0.15) is 20.8 Å². The Balaban J connectivity index is 3.33. The Kier molecular flexibility index (Phi) is 4.61. The molecule has 1 heterocycles. The standard InChI is InChI=1S/C11H10N2O5S/c1-6-7(4-12)10(19-9(6)11(17)18)13(2-3-14)5-8(15)16/h3H,2,5H2,1H3,(H,15,16)(H,17,18). The molecule has 7 nitrogen and oxygen atoms in total. The Labute approximate surface area is 112 Å². The average molecular weight is 282 g/mol. The van der Waals surface area contributed by atoms with Crippen LogP contribution in [0.2, 0.25) is 0 Å². The molecule has 8 heteroatoms. The van der Waals surface area contributed by atoms with E-state index in [1.54, 1.807) is 0 Å². The highest BCUT2D eigenvalue weighted by atomic mass is 32.1. The zero-order valence-corrected chi connectivity index (χ0v) is 10.7. The minimum absolute atomic E-state index is 0.0344. The van der Waals surface area contributed by atoms with Crippen LogP contribution < -0.4 is 4.90 Å². The fraction of sp³-hybridized carbons (Fsp3) is 0.273. The van der Waals surface area contributed by atoms with Crippen molar-refractivity contribution in [1.29, 1.82) is 5.26 Å². The molecule has 0 fully saturated rings. The number of nitriles is 1. The SMILES string of the molecule is Cc1c(C(=O)O)sc(N(CC=O)CC(=O)O)c1C#N. The Morgan fingerprint density at radius 3 is 2.53 bits per heavy atom. The highest BCUT2D eigenvalue weighted by Crippen LogP contribution is 2.35. The van der Waals surface area contributed by atoms with Crippen LogP contribution in [0.15, 0.2) is 0 Å². The van der Waals surface area contributed by atoms with Crippen molar-refractivity contribution in [2.75, 3.05) is 18.0 Å². The van der Waals surface area contributed by atoms with Crippen LogP contribution in [0.25, 0.3) is 0 Å². The van der Waals surface area contributed by atoms with E-state index in [2.05, 4.69) is 0 Å². The van der Waals surface area contributed by atoms with E-state index in [4.69, 9.17) is 15.5 Å². The summed E-state index contributed by atoms with van der Waals surface area (Å²) < 4.78 is 0. The molecule has 19 heavy (non-hydrogen) atoms. The molecule has 0 amide bonds. The van der Waals surface area contributed by atoms with Crippen molar-refractivity contribution < 1.29 is 24.6 Å². The first kappa shape index (κ1) is 14.7. The first-order chi connectivity index (χ1) is 8.92. The molecule has 0 aliphatic rings. The summed E-state index contributed by atoms with van der Waals surface area (Å²) in [4.78, 5) is 33.4. The van der Waals surface area contributed by atoms with Gasteiger partial charge in [-0.15, -0.1) is 11.3 Å². The molecule has 0 saturated heterocycles. The van der Waals surface area contributed by atoms with Crippen molar-refractivity contribution >= 4 is 34.6 Å². The smallest absolute Gasteiger partial charge is 0.346 e. The normalized spacial score (nSPS) is 9.68. The van der Waals surface area contributed by atoms with Crippen molar-refractivity contribution in [3.8, 4) is 6.07 Å². The van der Waals surface area contributed by atoms with Gasteiger partial charge in [-0.3, -0.25) is 4.79 Å². The van der Waals surface area contributed by atoms with Crippen LogP contribution in [0, 0.1) is 18.3 Å². The molecular formula is C11H10N2O5S. The second kappa shape index (κ2) is 5.97. The van der Waals surface area contributed by atoms with Crippen molar-refractivity contribution in [3.05, 3.63) is 16.0 Å². The van der Waals surface area contributed by atoms with Gasteiger partial charge in [0.25, 0.3) is 0 Å². The summed E-state index contributed by atoms with van der Waals surface area (Å²) in [6.07, 6.45) is 0.500. The maximum absolute atomic E-state index is 11.0. The number of carbonyl (C=O) groups excluding carboxylic acids is 1. The Morgan fingerprint density at radius 1 is 1.47 bits per heavy atom. The molecule has 1 aromatic heterocycles. The molecule has 0 aromatic carbocycles. The molecule has 1 aromatic rings. The number of carboxylic acid groups (broad SMARTS) is 2. The van der Waals surface area contributed by atoms with Gasteiger partial charge >= 0.3 is 11.9 Å². The number of carboxylic acids is 2. The second-order valence-electron chi connectivity index (χ2n) is 3.59. The highest BCUT2D eigenvalue weighted by molar-refractivity contribution is 7.18. The first-order valence-electron chi connectivity index (χ1n) is 5.09. The third-order valence-electron chi connectivity index (χ3n) is 2.34. The Morgan fingerprint density at radius 2 is 2.11 bits per heavy atom. The second-order valence-corrected chi connectivity index (χ2v) is 4.59. The zero-order valence-electron chi connectivity index (χ0n) is 9.91. The van der Waals surface area contributed by atoms with E-state index in [1.165, 1.54) is 6.92 Å². The largest absolute Gasteiger partial charge is 0.480 e. The minimum Gasteiger partial charge on any atom is -0.480 e. The molecule has 1 rings (SSSR count). The summed E-state index contributed by atoms with van der Waals surface area (Å²) in [5.41, 5.74) is 0.363. The molecule has 0 spiro atoms. The topological polar surface area (TPSA) is 119 Å². The highest BCUT2D eigenvalue weighted by Gasteiger charge is 2.24. The van der Waals surface area contributed by atoms with Gasteiger partial charge in [-0.1, -0.05) is 0 Å². The van der Waals surface area contributed by atoms with Crippen molar-refractivity contribution in [3.63, 3.8) is 0 Å². The molecular weight excluding hydrogens is 272 g/mol. The molecule has 2 N–H and O–H groups in total. The summed E-state index contributed by atoms with van der Waals surface area (Å²) in [6, 6.07) is 1.85. The van der Waals surface area contributed by atoms with Crippen molar-refractivity contribution in [2.45, 2.75) is 6.92 Å². The number of aldehydes is 1. The number of hydrogen-bond donors (Lipinski definition) is 2. The van der Waals surface area contributed by atoms with Gasteiger partial charge in [0, 0.05) is 0 Å². The number of aromatic carboxylic acids is 1. The summed E-state index contributed by atoms with van der Waals surface area (Å²) in [7, 11) is 0. The van der Waals surface area contributed by atoms with Gasteiger partial charge in [-0.05, 0) is 12.5 Å². The molecule has 0 bridgehead atoms. The number of nitrogens with zero attached hydrogens (tertiary/aromatic N) is 2. The molecule has 100 valence electrons. The van der Waals surface area contributed by atoms with Crippen LogP contribution in [0.5, 0.6) is 0 Å². The van der Waals surface area contributed by atoms with Crippen LogP contribution >= 0.6 is 11.3 Å². The maximum atomic E-state index is 11.0. The van der Waals surface area contributed by atoms with E-state index in [9.17, 15) is 14.4 Å². The number of aliphatic carboxylic acids is 1. The molecule has 0 saturated carbocycles. The van der Waals surface area contributed by atoms with E-state index in [1.807, 2.05) is 6.07 Å². The maximum Gasteiger partial charge on any atom is 0.346 e. The molecule has 0 unspecified atom stereocenters. The fourth-order valence-electron chi connectivity index (χ4n) is 1.53. The van der Waals surface area contributed by atoms with E-state index >= 15 is 0 Å². The van der Waals surface area contributed by atoms with Crippen LogP contribution in [0.4, 0.5) is 5.00 Å². The van der Waals surface area contributed by atoms with Crippen LogP contribution in [-0.2, 0) is 9.59 Å². The Hall–Kier alpha value is -2.40. The number of carbonyl (C=O) groups is 3. The van der Waals surface area contributed by atoms with Crippen molar-refractivity contribution in [2.24, 2.45) is 0 Å². The zero-order chi connectivity index (χ0) is 14.6. The number of hydrogen-bond acceptors (Lipinski definition) is 6. The summed E-state index contributed by atoms with van der Waals surface area (Å²) >= 11 is 0.791. The van der Waals surface area contributed by atoms with E-state index < -0.39 is 18.5 Å². The average Bonchev–Trinajstić information content (AvgIpc) is 2.65. The summed E-state index contributed by atoms with van der Waals surface area (Å²) in [6.45, 7) is 0.772. The van der Waals surface area contributed by atoms with E-state index in [0.717, 1.165) is 16.2 Å². The molecule has 0 radical (unpaired) electrons. The number of anilines is 1. The van der Waals surface area contributed by atoms with E-state index in [0.29, 0.717) is 6.29 Å². The lowest BCUT2D eigenvalue weighted by Gasteiger charge is -2.18. The third-order valence-corrected chi connectivity index (χ3v) is 3.68. The number of thiophene rings is 1. The predicted molar refractivity (Wildman–Crippen MR) is 66.6 cm³/mol. The lowest BCUT2D eigenvalue weighted by Crippen LogP contribution is -2.31. The van der Waals surface area contributed by atoms with Gasteiger partial charge in [-0.2, -0.15) is 5.26 Å². The van der Waals surface area contributed by atoms with Crippen LogP contribution in [0.3, 0.4) is 0 Å². The molecule has 0 aliphatic carbocycles. The number of rotatable bonds is 6. The van der Waals surface area contributed by atoms with E-state index in [-0.39, 0.29) is 27.5 Å².